The van der Waals surface area contributed by atoms with E-state index in [4.69, 9.17) is 0 Å². The molecule has 2 saturated heterocycles. The van der Waals surface area contributed by atoms with E-state index in [9.17, 15) is 23.6 Å². The smallest absolute Gasteiger partial charge is 0.315 e. The molecule has 166 valence electrons. The first kappa shape index (κ1) is 21.1. The average Bonchev–Trinajstić information content (AvgIpc) is 3.02. The third-order valence-corrected chi connectivity index (χ3v) is 7.22. The summed E-state index contributed by atoms with van der Waals surface area (Å²) in [5.74, 6) is -0.324. The lowest BCUT2D eigenvalue weighted by Gasteiger charge is -2.30. The highest BCUT2D eigenvalue weighted by molar-refractivity contribution is 6.02. The molecule has 6 unspecified atom stereocenters. The zero-order valence-electron chi connectivity index (χ0n) is 17.2. The monoisotopic (exact) mass is 422 g/mol. The molecule has 0 aromatic carbocycles. The molecule has 0 bridgehead atoms. The minimum Gasteiger partial charge on any atom is -0.338 e. The Morgan fingerprint density at radius 3 is 2.70 bits per heavy atom. The Bertz CT molecular complexity index is 717. The number of amides is 5. The van der Waals surface area contributed by atoms with Crippen LogP contribution in [0.4, 0.5) is 9.18 Å². The van der Waals surface area contributed by atoms with Crippen molar-refractivity contribution < 1.29 is 23.6 Å². The quantitative estimate of drug-likeness (QED) is 0.593. The molecule has 8 nitrogen and oxygen atoms in total. The predicted molar refractivity (Wildman–Crippen MR) is 106 cm³/mol. The van der Waals surface area contributed by atoms with E-state index in [1.165, 1.54) is 0 Å². The molecular weight excluding hydrogens is 391 g/mol. The number of halogens is 1. The van der Waals surface area contributed by atoms with Gasteiger partial charge in [-0.15, -0.1) is 0 Å². The van der Waals surface area contributed by atoms with E-state index in [-0.39, 0.29) is 54.0 Å². The van der Waals surface area contributed by atoms with Gasteiger partial charge in [-0.1, -0.05) is 0 Å². The summed E-state index contributed by atoms with van der Waals surface area (Å²) in [7, 11) is 0. The van der Waals surface area contributed by atoms with Crippen LogP contribution in [0, 0.1) is 17.8 Å². The second-order valence-electron chi connectivity index (χ2n) is 9.32. The summed E-state index contributed by atoms with van der Waals surface area (Å²) in [6, 6.07) is -0.917. The molecule has 9 heteroatoms. The van der Waals surface area contributed by atoms with Gasteiger partial charge in [0.25, 0.3) is 0 Å². The van der Waals surface area contributed by atoms with Gasteiger partial charge >= 0.3 is 6.03 Å². The highest BCUT2D eigenvalue weighted by atomic mass is 19.1. The van der Waals surface area contributed by atoms with Crippen molar-refractivity contribution in [3.63, 3.8) is 0 Å². The number of likely N-dealkylation sites (tertiary alicyclic amines) is 1. The second kappa shape index (κ2) is 8.89. The largest absolute Gasteiger partial charge is 0.338 e. The van der Waals surface area contributed by atoms with Gasteiger partial charge in [-0.25, -0.2) is 9.18 Å². The van der Waals surface area contributed by atoms with E-state index >= 15 is 0 Å². The van der Waals surface area contributed by atoms with Crippen LogP contribution in [-0.4, -0.2) is 60.0 Å². The second-order valence-corrected chi connectivity index (χ2v) is 9.32. The van der Waals surface area contributed by atoms with Crippen LogP contribution in [0.3, 0.4) is 0 Å². The van der Waals surface area contributed by atoms with Crippen molar-refractivity contribution in [3.8, 4) is 0 Å². The Hall–Kier alpha value is -2.19. The maximum atomic E-state index is 13.5. The Balaban J connectivity index is 1.25. The summed E-state index contributed by atoms with van der Waals surface area (Å²) in [5.41, 5.74) is 0. The van der Waals surface area contributed by atoms with E-state index in [1.807, 2.05) is 0 Å². The number of alkyl halides is 1. The van der Waals surface area contributed by atoms with Gasteiger partial charge in [-0.2, -0.15) is 0 Å². The standard InChI is InChI=1S/C21H31FN4O4/c22-14-2-1-3-15(9-14)24-21(30)23-10-12-4-5-13-11-26(20(29)16(13)8-12)17-6-7-18(27)25-19(17)28/h12-17H,1-11H2,(H2,23,24,30)(H,25,27,28). The molecule has 0 radical (unpaired) electrons. The fourth-order valence-electron chi connectivity index (χ4n) is 5.58. The first-order valence-electron chi connectivity index (χ1n) is 11.2. The van der Waals surface area contributed by atoms with Crippen molar-refractivity contribution in [2.45, 2.75) is 76.0 Å². The lowest BCUT2D eigenvalue weighted by molar-refractivity contribution is -0.145. The number of hydrogen-bond donors (Lipinski definition) is 3. The van der Waals surface area contributed by atoms with Crippen molar-refractivity contribution in [3.05, 3.63) is 0 Å². The highest BCUT2D eigenvalue weighted by Crippen LogP contribution is 2.41. The molecule has 2 aliphatic carbocycles. The van der Waals surface area contributed by atoms with Crippen LogP contribution >= 0.6 is 0 Å². The van der Waals surface area contributed by atoms with Crippen LogP contribution in [0.2, 0.25) is 0 Å². The van der Waals surface area contributed by atoms with Gasteiger partial charge in [-0.3, -0.25) is 19.7 Å². The number of carbonyl (C=O) groups is 4. The highest BCUT2D eigenvalue weighted by Gasteiger charge is 2.48. The SMILES string of the molecule is O=C1CCC(N2CC3CCC(CNC(=O)NC4CCCC(F)C4)CC3C2=O)C(=O)N1. The number of hydrogen-bond acceptors (Lipinski definition) is 4. The Morgan fingerprint density at radius 2 is 1.93 bits per heavy atom. The number of fused-ring (bicyclic) bond motifs is 1. The molecule has 2 heterocycles. The number of carbonyl (C=O) groups excluding carboxylic acids is 4. The van der Waals surface area contributed by atoms with Gasteiger partial charge in [0, 0.05) is 31.5 Å². The van der Waals surface area contributed by atoms with Gasteiger partial charge < -0.3 is 15.5 Å². The van der Waals surface area contributed by atoms with Crippen molar-refractivity contribution in [2.75, 3.05) is 13.1 Å². The van der Waals surface area contributed by atoms with Gasteiger partial charge in [0.15, 0.2) is 0 Å². The zero-order valence-corrected chi connectivity index (χ0v) is 17.2. The lowest BCUT2D eigenvalue weighted by Crippen LogP contribution is -2.53. The van der Waals surface area contributed by atoms with Crippen molar-refractivity contribution >= 4 is 23.8 Å². The van der Waals surface area contributed by atoms with E-state index in [1.54, 1.807) is 4.90 Å². The number of urea groups is 1. The van der Waals surface area contributed by atoms with Crippen LogP contribution in [0.25, 0.3) is 0 Å². The van der Waals surface area contributed by atoms with Crippen LogP contribution in [0.15, 0.2) is 0 Å². The molecule has 6 atom stereocenters. The van der Waals surface area contributed by atoms with E-state index in [2.05, 4.69) is 16.0 Å². The van der Waals surface area contributed by atoms with E-state index in [0.717, 1.165) is 25.7 Å². The first-order valence-corrected chi connectivity index (χ1v) is 11.2. The molecule has 2 aliphatic heterocycles. The fraction of sp³-hybridized carbons (Fsp3) is 0.810. The van der Waals surface area contributed by atoms with Gasteiger partial charge in [-0.05, 0) is 63.2 Å². The first-order chi connectivity index (χ1) is 14.4. The molecule has 30 heavy (non-hydrogen) atoms. The summed E-state index contributed by atoms with van der Waals surface area (Å²) in [6.07, 6.45) is 4.90. The van der Waals surface area contributed by atoms with Crippen LogP contribution < -0.4 is 16.0 Å². The van der Waals surface area contributed by atoms with E-state index in [0.29, 0.717) is 38.8 Å². The van der Waals surface area contributed by atoms with Crippen LogP contribution in [0.5, 0.6) is 0 Å². The zero-order chi connectivity index (χ0) is 21.3. The molecular formula is C21H31FN4O4. The van der Waals surface area contributed by atoms with Crippen molar-refractivity contribution in [2.24, 2.45) is 17.8 Å². The topological polar surface area (TPSA) is 108 Å². The van der Waals surface area contributed by atoms with Crippen LogP contribution in [-0.2, 0) is 14.4 Å². The van der Waals surface area contributed by atoms with Crippen molar-refractivity contribution in [1.82, 2.24) is 20.9 Å². The summed E-state index contributed by atoms with van der Waals surface area (Å²) in [5, 5.41) is 8.10. The minimum atomic E-state index is -0.833. The normalized spacial score (nSPS) is 36.8. The minimum absolute atomic E-state index is 0.000145. The third kappa shape index (κ3) is 4.59. The molecule has 0 aromatic rings. The Labute approximate surface area is 175 Å². The molecule has 5 amide bonds. The molecule has 4 fully saturated rings. The number of nitrogens with zero attached hydrogens (tertiary/aromatic N) is 1. The molecule has 0 spiro atoms. The maximum absolute atomic E-state index is 13.5. The number of piperidine rings is 1. The van der Waals surface area contributed by atoms with Gasteiger partial charge in [0.1, 0.15) is 12.2 Å². The molecule has 4 aliphatic rings. The summed E-state index contributed by atoms with van der Waals surface area (Å²) in [4.78, 5) is 50.4. The predicted octanol–water partition coefficient (Wildman–Crippen LogP) is 1.25. The summed E-state index contributed by atoms with van der Waals surface area (Å²) >= 11 is 0. The lowest BCUT2D eigenvalue weighted by atomic mass is 9.75. The van der Waals surface area contributed by atoms with E-state index < -0.39 is 12.2 Å². The Morgan fingerprint density at radius 1 is 1.10 bits per heavy atom. The molecule has 3 N–H and O–H groups in total. The Kier molecular flexibility index (Phi) is 6.24. The fourth-order valence-corrected chi connectivity index (χ4v) is 5.58. The van der Waals surface area contributed by atoms with Gasteiger partial charge in [0.05, 0.1) is 0 Å². The van der Waals surface area contributed by atoms with Gasteiger partial charge in [0.2, 0.25) is 17.7 Å². The summed E-state index contributed by atoms with van der Waals surface area (Å²) < 4.78 is 13.5. The third-order valence-electron chi connectivity index (χ3n) is 7.22. The van der Waals surface area contributed by atoms with Crippen LogP contribution in [0.1, 0.15) is 57.8 Å². The molecule has 0 aromatic heterocycles. The molecule has 2 saturated carbocycles. The number of nitrogens with one attached hydrogen (secondary N) is 3. The number of rotatable bonds is 4. The molecule has 4 rings (SSSR count). The maximum Gasteiger partial charge on any atom is 0.315 e. The summed E-state index contributed by atoms with van der Waals surface area (Å²) in [6.45, 7) is 1.06. The number of imide groups is 1. The average molecular weight is 423 g/mol. The van der Waals surface area contributed by atoms with Crippen molar-refractivity contribution in [1.29, 1.82) is 0 Å².